The fourth-order valence-electron chi connectivity index (χ4n) is 2.17. The smallest absolute Gasteiger partial charge is 0.0946 e. The van der Waals surface area contributed by atoms with E-state index in [0.717, 1.165) is 31.4 Å². The van der Waals surface area contributed by atoms with Gasteiger partial charge in [-0.1, -0.05) is 30.3 Å². The minimum atomic E-state index is 0.230. The van der Waals surface area contributed by atoms with Crippen molar-refractivity contribution in [3.63, 3.8) is 0 Å². The highest BCUT2D eigenvalue weighted by Crippen LogP contribution is 2.18. The Balaban J connectivity index is 1.74. The first-order valence-corrected chi connectivity index (χ1v) is 7.69. The van der Waals surface area contributed by atoms with E-state index in [1.54, 1.807) is 11.3 Å². The highest BCUT2D eigenvalue weighted by atomic mass is 32.1. The lowest BCUT2D eigenvalue weighted by atomic mass is 10.0. The number of thiazole rings is 1. The lowest BCUT2D eigenvalue weighted by Gasteiger charge is -2.09. The topological polar surface area (TPSA) is 38.9 Å². The van der Waals surface area contributed by atoms with E-state index >= 15 is 0 Å². The molecule has 0 spiro atoms. The molecule has 0 fully saturated rings. The van der Waals surface area contributed by atoms with Crippen LogP contribution in [0.5, 0.6) is 0 Å². The van der Waals surface area contributed by atoms with E-state index in [-0.39, 0.29) is 6.04 Å². The van der Waals surface area contributed by atoms with Gasteiger partial charge in [-0.25, -0.2) is 4.98 Å². The van der Waals surface area contributed by atoms with Crippen molar-refractivity contribution < 1.29 is 0 Å². The van der Waals surface area contributed by atoms with Crippen molar-refractivity contribution in [1.82, 2.24) is 4.98 Å². The molecule has 1 heterocycles. The van der Waals surface area contributed by atoms with Crippen LogP contribution in [0.1, 0.15) is 34.0 Å². The Morgan fingerprint density at radius 3 is 2.58 bits per heavy atom. The van der Waals surface area contributed by atoms with Crippen molar-refractivity contribution in [2.75, 3.05) is 0 Å². The van der Waals surface area contributed by atoms with Crippen LogP contribution in [-0.4, -0.2) is 11.0 Å². The van der Waals surface area contributed by atoms with Gasteiger partial charge in [0.25, 0.3) is 0 Å². The summed E-state index contributed by atoms with van der Waals surface area (Å²) in [6.45, 7) is 4.19. The molecule has 0 aliphatic heterocycles. The van der Waals surface area contributed by atoms with Gasteiger partial charge in [0.05, 0.1) is 10.7 Å². The minimum absolute atomic E-state index is 0.230. The number of rotatable bonds is 6. The van der Waals surface area contributed by atoms with Crippen LogP contribution in [0.3, 0.4) is 0 Å². The second kappa shape index (κ2) is 6.83. The van der Waals surface area contributed by atoms with Crippen molar-refractivity contribution in [3.05, 3.63) is 51.5 Å². The standard InChI is InChI=1S/C16H22N2S/c1-12-13(2)19-16(18-12)11-15(17)10-6-9-14-7-4-3-5-8-14/h3-5,7-8,15H,6,9-11,17H2,1-2H3. The number of nitrogens with two attached hydrogens (primary N) is 1. The van der Waals surface area contributed by atoms with E-state index in [9.17, 15) is 0 Å². The molecule has 0 bridgehead atoms. The van der Waals surface area contributed by atoms with Crippen LogP contribution in [0, 0.1) is 13.8 Å². The molecule has 1 unspecified atom stereocenters. The van der Waals surface area contributed by atoms with Gasteiger partial charge in [-0.05, 0) is 38.7 Å². The van der Waals surface area contributed by atoms with Gasteiger partial charge in [0.15, 0.2) is 0 Å². The van der Waals surface area contributed by atoms with E-state index in [1.165, 1.54) is 15.4 Å². The normalized spacial score (nSPS) is 12.6. The van der Waals surface area contributed by atoms with Gasteiger partial charge < -0.3 is 5.73 Å². The second-order valence-electron chi connectivity index (χ2n) is 5.09. The van der Waals surface area contributed by atoms with Crippen LogP contribution in [-0.2, 0) is 12.8 Å². The third kappa shape index (κ3) is 4.44. The van der Waals surface area contributed by atoms with Crippen molar-refractivity contribution in [2.24, 2.45) is 5.73 Å². The molecule has 2 aromatic rings. The summed E-state index contributed by atoms with van der Waals surface area (Å²) in [6, 6.07) is 10.8. The van der Waals surface area contributed by atoms with E-state index in [2.05, 4.69) is 49.2 Å². The Kier molecular flexibility index (Phi) is 5.11. The van der Waals surface area contributed by atoms with E-state index in [1.807, 2.05) is 0 Å². The van der Waals surface area contributed by atoms with Crippen LogP contribution >= 0.6 is 11.3 Å². The summed E-state index contributed by atoms with van der Waals surface area (Å²) in [7, 11) is 0. The average molecular weight is 274 g/mol. The summed E-state index contributed by atoms with van der Waals surface area (Å²) in [5, 5.41) is 1.18. The van der Waals surface area contributed by atoms with Gasteiger partial charge >= 0.3 is 0 Å². The quantitative estimate of drug-likeness (QED) is 0.873. The fourth-order valence-corrected chi connectivity index (χ4v) is 3.19. The molecule has 0 aliphatic rings. The number of aromatic nitrogens is 1. The van der Waals surface area contributed by atoms with Crippen molar-refractivity contribution in [1.29, 1.82) is 0 Å². The summed E-state index contributed by atoms with van der Waals surface area (Å²) >= 11 is 1.78. The summed E-state index contributed by atoms with van der Waals surface area (Å²) in [5.74, 6) is 0. The first kappa shape index (κ1) is 14.2. The molecule has 19 heavy (non-hydrogen) atoms. The Bertz CT molecular complexity index is 485. The van der Waals surface area contributed by atoms with Crippen LogP contribution in [0.4, 0.5) is 0 Å². The van der Waals surface area contributed by atoms with Crippen LogP contribution < -0.4 is 5.73 Å². The zero-order valence-electron chi connectivity index (χ0n) is 11.7. The van der Waals surface area contributed by atoms with E-state index in [4.69, 9.17) is 5.73 Å². The minimum Gasteiger partial charge on any atom is -0.327 e. The Morgan fingerprint density at radius 2 is 1.95 bits per heavy atom. The Morgan fingerprint density at radius 1 is 1.21 bits per heavy atom. The molecule has 0 saturated carbocycles. The third-order valence-corrected chi connectivity index (χ3v) is 4.49. The summed E-state index contributed by atoms with van der Waals surface area (Å²) < 4.78 is 0. The lowest BCUT2D eigenvalue weighted by molar-refractivity contribution is 0.578. The van der Waals surface area contributed by atoms with Gasteiger partial charge in [0, 0.05) is 17.3 Å². The van der Waals surface area contributed by atoms with Crippen LogP contribution in [0.25, 0.3) is 0 Å². The molecular formula is C16H22N2S. The summed E-state index contributed by atoms with van der Waals surface area (Å²) in [4.78, 5) is 5.87. The molecular weight excluding hydrogens is 252 g/mol. The Labute approximate surface area is 119 Å². The molecule has 0 radical (unpaired) electrons. The lowest BCUT2D eigenvalue weighted by Crippen LogP contribution is -2.22. The van der Waals surface area contributed by atoms with Gasteiger partial charge in [-0.3, -0.25) is 0 Å². The molecule has 2 rings (SSSR count). The maximum Gasteiger partial charge on any atom is 0.0946 e. The second-order valence-corrected chi connectivity index (χ2v) is 6.38. The number of aryl methyl sites for hydroxylation is 3. The molecule has 1 aromatic carbocycles. The van der Waals surface area contributed by atoms with Gasteiger partial charge in [0.1, 0.15) is 0 Å². The third-order valence-electron chi connectivity index (χ3n) is 3.39. The van der Waals surface area contributed by atoms with Crippen molar-refractivity contribution >= 4 is 11.3 Å². The average Bonchev–Trinajstić information content (AvgIpc) is 2.69. The van der Waals surface area contributed by atoms with Gasteiger partial charge in [-0.2, -0.15) is 0 Å². The fraction of sp³-hybridized carbons (Fsp3) is 0.438. The monoisotopic (exact) mass is 274 g/mol. The predicted octanol–water partition coefficient (Wildman–Crippen LogP) is 3.65. The van der Waals surface area contributed by atoms with Gasteiger partial charge in [0.2, 0.25) is 0 Å². The SMILES string of the molecule is Cc1nc(CC(N)CCCc2ccccc2)sc1C. The predicted molar refractivity (Wildman–Crippen MR) is 82.6 cm³/mol. The number of benzene rings is 1. The molecule has 0 aliphatic carbocycles. The van der Waals surface area contributed by atoms with Crippen molar-refractivity contribution in [3.8, 4) is 0 Å². The number of hydrogen-bond donors (Lipinski definition) is 1. The number of hydrogen-bond acceptors (Lipinski definition) is 3. The van der Waals surface area contributed by atoms with Crippen LogP contribution in [0.15, 0.2) is 30.3 Å². The molecule has 0 amide bonds. The van der Waals surface area contributed by atoms with Gasteiger partial charge in [-0.15, -0.1) is 11.3 Å². The van der Waals surface area contributed by atoms with Crippen LogP contribution in [0.2, 0.25) is 0 Å². The summed E-state index contributed by atoms with van der Waals surface area (Å²) in [6.07, 6.45) is 4.24. The largest absolute Gasteiger partial charge is 0.327 e. The maximum absolute atomic E-state index is 6.20. The molecule has 0 saturated heterocycles. The van der Waals surface area contributed by atoms with E-state index < -0.39 is 0 Å². The molecule has 3 heteroatoms. The zero-order chi connectivity index (χ0) is 13.7. The number of nitrogens with zero attached hydrogens (tertiary/aromatic N) is 1. The molecule has 2 nitrogen and oxygen atoms in total. The van der Waals surface area contributed by atoms with E-state index in [0.29, 0.717) is 0 Å². The van der Waals surface area contributed by atoms with Crippen molar-refractivity contribution in [2.45, 2.75) is 45.6 Å². The molecule has 1 aromatic heterocycles. The molecule has 1 atom stereocenters. The first-order valence-electron chi connectivity index (χ1n) is 6.87. The summed E-state index contributed by atoms with van der Waals surface area (Å²) in [5.41, 5.74) is 8.74. The molecule has 102 valence electrons. The maximum atomic E-state index is 6.20. The highest BCUT2D eigenvalue weighted by molar-refractivity contribution is 7.11. The highest BCUT2D eigenvalue weighted by Gasteiger charge is 2.09. The molecule has 2 N–H and O–H groups in total. The first-order chi connectivity index (χ1) is 9.15. The Hall–Kier alpha value is -1.19. The zero-order valence-corrected chi connectivity index (χ0v) is 12.5.